The maximum Gasteiger partial charge on any atom is 0.250 e. The molecule has 1 N–H and O–H groups in total. The van der Waals surface area contributed by atoms with Crippen LogP contribution in [0.3, 0.4) is 0 Å². The van der Waals surface area contributed by atoms with Gasteiger partial charge >= 0.3 is 0 Å². The molecule has 2 atom stereocenters. The van der Waals surface area contributed by atoms with E-state index < -0.39 is 28.6 Å². The van der Waals surface area contributed by atoms with Crippen LogP contribution in [0.15, 0.2) is 18.2 Å². The van der Waals surface area contributed by atoms with Crippen LogP contribution in [0.1, 0.15) is 11.5 Å². The normalized spacial score (nSPS) is 31.5. The van der Waals surface area contributed by atoms with Gasteiger partial charge in [-0.05, 0) is 17.7 Å². The molecule has 1 heterocycles. The van der Waals surface area contributed by atoms with E-state index in [2.05, 4.69) is 5.32 Å². The lowest BCUT2D eigenvalue weighted by Crippen LogP contribution is -2.31. The molecule has 1 aliphatic heterocycles. The number of methoxy groups -OCH3 is 2. The highest BCUT2D eigenvalue weighted by Gasteiger charge is 2.90. The second-order valence-electron chi connectivity index (χ2n) is 5.17. The summed E-state index contributed by atoms with van der Waals surface area (Å²) in [5.41, 5.74) is -2.82. The van der Waals surface area contributed by atoms with E-state index in [0.717, 1.165) is 0 Å². The number of benzene rings is 1. The molecule has 7 nitrogen and oxygen atoms in total. The number of imide groups is 1. The molecule has 1 saturated heterocycles. The Morgan fingerprint density at radius 3 is 2.05 bits per heavy atom. The third-order valence-electron chi connectivity index (χ3n) is 4.44. The van der Waals surface area contributed by atoms with Gasteiger partial charge in [0.1, 0.15) is 0 Å². The summed E-state index contributed by atoms with van der Waals surface area (Å²) >= 11 is 0. The van der Waals surface area contributed by atoms with Gasteiger partial charge in [-0.1, -0.05) is 6.07 Å². The molecule has 7 heteroatoms. The van der Waals surface area contributed by atoms with Crippen LogP contribution in [0.2, 0.25) is 0 Å². The molecule has 1 aromatic carbocycles. The van der Waals surface area contributed by atoms with Crippen LogP contribution in [0.4, 0.5) is 0 Å². The summed E-state index contributed by atoms with van der Waals surface area (Å²) < 4.78 is 10.3. The minimum absolute atomic E-state index is 0.402. The molecule has 0 aromatic heterocycles. The Morgan fingerprint density at radius 2 is 1.59 bits per heavy atom. The molecule has 2 aliphatic rings. The fourth-order valence-corrected chi connectivity index (χ4v) is 3.33. The van der Waals surface area contributed by atoms with Crippen molar-refractivity contribution < 1.29 is 19.1 Å². The Morgan fingerprint density at radius 1 is 1.05 bits per heavy atom. The van der Waals surface area contributed by atoms with E-state index in [1.165, 1.54) is 14.2 Å². The molecule has 1 saturated carbocycles. The van der Waals surface area contributed by atoms with Gasteiger partial charge in [-0.2, -0.15) is 10.5 Å². The highest BCUT2D eigenvalue weighted by Crippen LogP contribution is 2.76. The molecule has 0 unspecified atom stereocenters. The fraction of sp³-hybridized carbons (Fsp3) is 0.333. The third-order valence-corrected chi connectivity index (χ3v) is 4.44. The van der Waals surface area contributed by atoms with Gasteiger partial charge in [0, 0.05) is 5.92 Å². The van der Waals surface area contributed by atoms with Crippen molar-refractivity contribution in [3.63, 3.8) is 0 Å². The summed E-state index contributed by atoms with van der Waals surface area (Å²) in [5, 5.41) is 21.0. The minimum atomic E-state index is -1.67. The molecule has 2 amide bonds. The zero-order valence-corrected chi connectivity index (χ0v) is 11.8. The second-order valence-corrected chi connectivity index (χ2v) is 5.17. The average Bonchev–Trinajstić information content (AvgIpc) is 3.11. The van der Waals surface area contributed by atoms with E-state index in [4.69, 9.17) is 9.47 Å². The van der Waals surface area contributed by atoms with E-state index in [1.807, 2.05) is 12.1 Å². The molecule has 0 bridgehead atoms. The van der Waals surface area contributed by atoms with Crippen molar-refractivity contribution >= 4 is 11.8 Å². The average molecular weight is 297 g/mol. The Hall–Kier alpha value is -3.06. The number of carbonyl (C=O) groups is 2. The monoisotopic (exact) mass is 297 g/mol. The predicted molar refractivity (Wildman–Crippen MR) is 71.5 cm³/mol. The number of nitrogens with one attached hydrogen (secondary N) is 1. The summed E-state index contributed by atoms with van der Waals surface area (Å²) in [7, 11) is 2.93. The van der Waals surface area contributed by atoms with Crippen LogP contribution in [0.25, 0.3) is 0 Å². The van der Waals surface area contributed by atoms with Crippen LogP contribution in [0.5, 0.6) is 11.5 Å². The maximum absolute atomic E-state index is 12.0. The van der Waals surface area contributed by atoms with E-state index in [1.54, 1.807) is 18.2 Å². The molecule has 1 aliphatic carbocycles. The van der Waals surface area contributed by atoms with Gasteiger partial charge in [-0.3, -0.25) is 14.9 Å². The van der Waals surface area contributed by atoms with Gasteiger partial charge in [-0.25, -0.2) is 0 Å². The maximum atomic E-state index is 12.0. The zero-order valence-electron chi connectivity index (χ0n) is 11.8. The molecule has 22 heavy (non-hydrogen) atoms. The topological polar surface area (TPSA) is 112 Å². The lowest BCUT2D eigenvalue weighted by Gasteiger charge is -2.12. The Kier molecular flexibility index (Phi) is 2.66. The number of nitrogens with zero attached hydrogens (tertiary/aromatic N) is 2. The fourth-order valence-electron chi connectivity index (χ4n) is 3.33. The number of ether oxygens (including phenoxy) is 2. The largest absolute Gasteiger partial charge is 0.493 e. The van der Waals surface area contributed by atoms with Gasteiger partial charge in [0.05, 0.1) is 26.4 Å². The molecule has 3 rings (SSSR count). The first kappa shape index (κ1) is 13.9. The molecular weight excluding hydrogens is 286 g/mol. The number of hydrogen-bond donors (Lipinski definition) is 1. The summed E-state index contributed by atoms with van der Waals surface area (Å²) in [6, 6.07) is 8.57. The van der Waals surface area contributed by atoms with E-state index in [0.29, 0.717) is 17.1 Å². The molecule has 2 fully saturated rings. The van der Waals surface area contributed by atoms with Crippen LogP contribution in [-0.2, 0) is 9.59 Å². The van der Waals surface area contributed by atoms with Gasteiger partial charge in [0.15, 0.2) is 22.3 Å². The Balaban J connectivity index is 2.15. The van der Waals surface area contributed by atoms with Crippen molar-refractivity contribution in [2.24, 2.45) is 10.8 Å². The summed E-state index contributed by atoms with van der Waals surface area (Å²) in [6.45, 7) is 0. The molecular formula is C15H11N3O4. The summed E-state index contributed by atoms with van der Waals surface area (Å²) in [6.07, 6.45) is 0. The number of piperidine rings is 1. The van der Waals surface area contributed by atoms with Gasteiger partial charge in [-0.15, -0.1) is 0 Å². The van der Waals surface area contributed by atoms with Gasteiger partial charge in [0.2, 0.25) is 11.8 Å². The second kappa shape index (κ2) is 4.22. The first-order valence-electron chi connectivity index (χ1n) is 6.43. The van der Waals surface area contributed by atoms with E-state index in [-0.39, 0.29) is 0 Å². The Labute approximate surface area is 126 Å². The highest BCUT2D eigenvalue weighted by molar-refractivity contribution is 6.19. The van der Waals surface area contributed by atoms with Crippen LogP contribution >= 0.6 is 0 Å². The summed E-state index contributed by atoms with van der Waals surface area (Å²) in [4.78, 5) is 24.1. The van der Waals surface area contributed by atoms with Crippen molar-refractivity contribution in [3.8, 4) is 23.6 Å². The van der Waals surface area contributed by atoms with E-state index >= 15 is 0 Å². The molecule has 1 aromatic rings. The predicted octanol–water partition coefficient (Wildman–Crippen LogP) is 0.477. The first-order valence-corrected chi connectivity index (χ1v) is 6.43. The quantitative estimate of drug-likeness (QED) is 0.812. The number of rotatable bonds is 3. The number of carbonyl (C=O) groups excluding carboxylic acids is 2. The first-order chi connectivity index (χ1) is 10.5. The van der Waals surface area contributed by atoms with Gasteiger partial charge in [0.25, 0.3) is 0 Å². The number of nitriles is 2. The Bertz CT molecular complexity index is 753. The minimum Gasteiger partial charge on any atom is -0.493 e. The number of hydrogen-bond acceptors (Lipinski definition) is 6. The van der Waals surface area contributed by atoms with Crippen LogP contribution in [-0.4, -0.2) is 26.0 Å². The van der Waals surface area contributed by atoms with Crippen LogP contribution in [0, 0.1) is 33.5 Å². The summed E-state index contributed by atoms with van der Waals surface area (Å²) in [5.74, 6) is -1.37. The molecule has 0 spiro atoms. The van der Waals surface area contributed by atoms with E-state index in [9.17, 15) is 20.1 Å². The smallest absolute Gasteiger partial charge is 0.250 e. The van der Waals surface area contributed by atoms with Gasteiger partial charge < -0.3 is 9.47 Å². The van der Waals surface area contributed by atoms with Crippen LogP contribution < -0.4 is 14.8 Å². The number of fused-ring (bicyclic) bond motifs is 1. The highest BCUT2D eigenvalue weighted by atomic mass is 16.5. The van der Waals surface area contributed by atoms with Crippen molar-refractivity contribution in [3.05, 3.63) is 23.8 Å². The van der Waals surface area contributed by atoms with Crippen molar-refractivity contribution in [1.82, 2.24) is 5.32 Å². The standard InChI is InChI=1S/C15H11N3O4/c1-21-9-4-3-8(5-10(9)22-2)11-14(6-16)12(19)18-13(20)15(11,14)7-17/h3-5,11H,1-2H3,(H,18,19,20)/t14-,15-/m0/s1. The lowest BCUT2D eigenvalue weighted by molar-refractivity contribution is -0.128. The SMILES string of the molecule is COc1ccc(C2[C@@]3(C#N)C(=O)NC(=O)[C@]23C#N)cc1OC. The third kappa shape index (κ3) is 1.24. The van der Waals surface area contributed by atoms with Crippen molar-refractivity contribution in [2.45, 2.75) is 5.92 Å². The zero-order chi connectivity index (χ0) is 16.1. The number of amides is 2. The molecule has 110 valence electrons. The molecule has 0 radical (unpaired) electrons. The lowest BCUT2D eigenvalue weighted by atomic mass is 9.98. The van der Waals surface area contributed by atoms with Crippen molar-refractivity contribution in [2.75, 3.05) is 14.2 Å². The van der Waals surface area contributed by atoms with Crippen molar-refractivity contribution in [1.29, 1.82) is 10.5 Å².